The van der Waals surface area contributed by atoms with E-state index >= 15 is 0 Å². The topological polar surface area (TPSA) is 68.3 Å². The predicted octanol–water partition coefficient (Wildman–Crippen LogP) is 4.47. The Morgan fingerprint density at radius 3 is 1.29 bits per heavy atom. The van der Waals surface area contributed by atoms with E-state index in [1.165, 1.54) is 0 Å². The van der Waals surface area contributed by atoms with Crippen molar-refractivity contribution in [2.75, 3.05) is 11.8 Å². The number of aryl methyl sites for hydroxylation is 2. The van der Waals surface area contributed by atoms with E-state index in [9.17, 15) is 19.2 Å². The Morgan fingerprint density at radius 2 is 0.929 bits per heavy atom. The van der Waals surface area contributed by atoms with Crippen LogP contribution in [0.25, 0.3) is 0 Å². The molecule has 0 N–H and O–H groups in total. The molecule has 0 unspecified atom stereocenters. The molecule has 0 atom stereocenters. The highest BCUT2D eigenvalue weighted by Gasteiger charge is 2.27. The van der Waals surface area contributed by atoms with E-state index in [4.69, 9.17) is 23.2 Å². The maximum Gasteiger partial charge on any atom is 0.171 e. The molecule has 2 aromatic carbocycles. The van der Waals surface area contributed by atoms with Crippen LogP contribution >= 0.6 is 23.2 Å². The minimum Gasteiger partial charge on any atom is -0.294 e. The summed E-state index contributed by atoms with van der Waals surface area (Å²) in [6, 6.07) is 10.7. The molecule has 0 heterocycles. The van der Waals surface area contributed by atoms with Gasteiger partial charge in [0.2, 0.25) is 0 Å². The second-order valence-electron chi connectivity index (χ2n) is 6.68. The molecular formula is C22H18Cl2O4. The Kier molecular flexibility index (Phi) is 6.42. The molecule has 0 fully saturated rings. The number of carbonyl (C=O) groups is 4. The number of fused-ring (bicyclic) bond motifs is 2. The van der Waals surface area contributed by atoms with Crippen LogP contribution in [0.4, 0.5) is 0 Å². The van der Waals surface area contributed by atoms with Crippen molar-refractivity contribution in [1.82, 2.24) is 0 Å². The molecule has 0 aromatic heterocycles. The van der Waals surface area contributed by atoms with Crippen LogP contribution in [0, 0.1) is 0 Å². The normalized spacial score (nSPS) is 14.6. The van der Waals surface area contributed by atoms with Gasteiger partial charge >= 0.3 is 0 Å². The summed E-state index contributed by atoms with van der Waals surface area (Å²) in [4.78, 5) is 45.4. The lowest BCUT2D eigenvalue weighted by molar-refractivity contribution is 0.0906. The fourth-order valence-corrected chi connectivity index (χ4v) is 3.77. The average Bonchev–Trinajstić information content (AvgIpc) is 3.11. The number of benzene rings is 2. The SMILES string of the molecule is O=C1CC(=O)c2cc(CCCl)ccc21.O=C1CC(=O)c2cc(CCCl)ccc21. The highest BCUT2D eigenvalue weighted by molar-refractivity contribution is 6.25. The van der Waals surface area contributed by atoms with Crippen LogP contribution in [0.15, 0.2) is 36.4 Å². The largest absolute Gasteiger partial charge is 0.294 e. The van der Waals surface area contributed by atoms with Crippen molar-refractivity contribution in [1.29, 1.82) is 0 Å². The third-order valence-corrected chi connectivity index (χ3v) is 5.16. The van der Waals surface area contributed by atoms with Crippen LogP contribution < -0.4 is 0 Å². The van der Waals surface area contributed by atoms with Crippen molar-refractivity contribution in [3.8, 4) is 0 Å². The summed E-state index contributed by atoms with van der Waals surface area (Å²) in [5.41, 5.74) is 4.29. The Bertz CT molecular complexity index is 899. The number of rotatable bonds is 4. The number of ketones is 4. The van der Waals surface area contributed by atoms with E-state index < -0.39 is 0 Å². The van der Waals surface area contributed by atoms with Crippen molar-refractivity contribution in [3.63, 3.8) is 0 Å². The van der Waals surface area contributed by atoms with E-state index in [1.54, 1.807) is 24.3 Å². The van der Waals surface area contributed by atoms with E-state index in [0.717, 1.165) is 24.0 Å². The highest BCUT2D eigenvalue weighted by Crippen LogP contribution is 2.24. The van der Waals surface area contributed by atoms with E-state index in [2.05, 4.69) is 0 Å². The Morgan fingerprint density at radius 1 is 0.571 bits per heavy atom. The van der Waals surface area contributed by atoms with Crippen molar-refractivity contribution in [2.45, 2.75) is 25.7 Å². The number of hydrogen-bond donors (Lipinski definition) is 0. The lowest BCUT2D eigenvalue weighted by Gasteiger charge is -2.00. The zero-order chi connectivity index (χ0) is 20.3. The Labute approximate surface area is 172 Å². The molecular weight excluding hydrogens is 399 g/mol. The number of alkyl halides is 2. The van der Waals surface area contributed by atoms with Crippen LogP contribution in [-0.2, 0) is 12.8 Å². The van der Waals surface area contributed by atoms with Gasteiger partial charge in [-0.2, -0.15) is 0 Å². The summed E-state index contributed by atoms with van der Waals surface area (Å²) in [5.74, 6) is 0.787. The second kappa shape index (κ2) is 8.80. The molecule has 28 heavy (non-hydrogen) atoms. The standard InChI is InChI=1S/2C11H9ClO2/c2*12-4-3-7-1-2-8-9(5-7)11(14)6-10(8)13/h2*1-2,5H,3-4,6H2. The monoisotopic (exact) mass is 416 g/mol. The van der Waals surface area contributed by atoms with E-state index in [0.29, 0.717) is 34.0 Å². The van der Waals surface area contributed by atoms with Gasteiger partial charge in [0.05, 0.1) is 12.8 Å². The number of carbonyl (C=O) groups excluding carboxylic acids is 4. The molecule has 0 saturated heterocycles. The van der Waals surface area contributed by atoms with Crippen molar-refractivity contribution < 1.29 is 19.2 Å². The second-order valence-corrected chi connectivity index (χ2v) is 7.44. The summed E-state index contributed by atoms with van der Waals surface area (Å²) in [6.07, 6.45) is 1.52. The minimum atomic E-state index is -0.0681. The van der Waals surface area contributed by atoms with Crippen LogP contribution in [0.3, 0.4) is 0 Å². The van der Waals surface area contributed by atoms with Gasteiger partial charge < -0.3 is 0 Å². The first kappa shape index (κ1) is 20.4. The maximum absolute atomic E-state index is 11.4. The third kappa shape index (κ3) is 4.23. The zero-order valence-electron chi connectivity index (χ0n) is 15.1. The molecule has 4 nitrogen and oxygen atoms in total. The van der Waals surface area contributed by atoms with Gasteiger partial charge in [-0.1, -0.05) is 24.3 Å². The summed E-state index contributed by atoms with van der Waals surface area (Å²) in [6.45, 7) is 0. The Balaban J connectivity index is 0.000000161. The molecule has 144 valence electrons. The van der Waals surface area contributed by atoms with Crippen molar-refractivity contribution in [3.05, 3.63) is 69.8 Å². The smallest absolute Gasteiger partial charge is 0.171 e. The van der Waals surface area contributed by atoms with Crippen molar-refractivity contribution >= 4 is 46.3 Å². The van der Waals surface area contributed by atoms with Crippen LogP contribution in [0.5, 0.6) is 0 Å². The molecule has 2 aliphatic rings. The summed E-state index contributed by atoms with van der Waals surface area (Å²) in [5, 5.41) is 0. The fraction of sp³-hybridized carbons (Fsp3) is 0.273. The lowest BCUT2D eigenvalue weighted by atomic mass is 10.0. The molecule has 2 aliphatic carbocycles. The van der Waals surface area contributed by atoms with Gasteiger partial charge in [0.25, 0.3) is 0 Å². The van der Waals surface area contributed by atoms with Gasteiger partial charge in [-0.3, -0.25) is 19.2 Å². The molecule has 2 aromatic rings. The van der Waals surface area contributed by atoms with E-state index in [-0.39, 0.29) is 36.0 Å². The van der Waals surface area contributed by atoms with Crippen LogP contribution in [0.2, 0.25) is 0 Å². The molecule has 0 saturated carbocycles. The van der Waals surface area contributed by atoms with E-state index in [1.807, 2.05) is 12.1 Å². The van der Waals surface area contributed by atoms with Gasteiger partial charge in [-0.25, -0.2) is 0 Å². The lowest BCUT2D eigenvalue weighted by Crippen LogP contribution is -1.94. The molecule has 6 heteroatoms. The predicted molar refractivity (Wildman–Crippen MR) is 108 cm³/mol. The number of Topliss-reactive ketones (excluding diaryl/α,β-unsaturated/α-hetero) is 4. The first-order valence-electron chi connectivity index (χ1n) is 8.95. The molecule has 4 rings (SSSR count). The van der Waals surface area contributed by atoms with Gasteiger partial charge in [0, 0.05) is 34.0 Å². The number of halogens is 2. The van der Waals surface area contributed by atoms with Gasteiger partial charge in [0.15, 0.2) is 23.1 Å². The first-order chi connectivity index (χ1) is 13.4. The quantitative estimate of drug-likeness (QED) is 0.544. The van der Waals surface area contributed by atoms with Crippen molar-refractivity contribution in [2.24, 2.45) is 0 Å². The zero-order valence-corrected chi connectivity index (χ0v) is 16.6. The van der Waals surface area contributed by atoms with Gasteiger partial charge in [-0.15, -0.1) is 23.2 Å². The molecule has 0 bridgehead atoms. The van der Waals surface area contributed by atoms with Gasteiger partial charge in [0.1, 0.15) is 0 Å². The fourth-order valence-electron chi connectivity index (χ4n) is 3.33. The average molecular weight is 417 g/mol. The maximum atomic E-state index is 11.4. The summed E-state index contributed by atoms with van der Waals surface area (Å²) < 4.78 is 0. The highest BCUT2D eigenvalue weighted by atomic mass is 35.5. The molecule has 0 amide bonds. The van der Waals surface area contributed by atoms with Crippen LogP contribution in [-0.4, -0.2) is 34.9 Å². The summed E-state index contributed by atoms with van der Waals surface area (Å²) >= 11 is 11.2. The number of hydrogen-bond acceptors (Lipinski definition) is 4. The Hall–Kier alpha value is -2.30. The summed E-state index contributed by atoms with van der Waals surface area (Å²) in [7, 11) is 0. The van der Waals surface area contributed by atoms with Gasteiger partial charge in [-0.05, 0) is 36.1 Å². The first-order valence-corrected chi connectivity index (χ1v) is 10.0. The van der Waals surface area contributed by atoms with Crippen LogP contribution in [0.1, 0.15) is 65.4 Å². The third-order valence-electron chi connectivity index (χ3n) is 4.78. The molecule has 0 aliphatic heterocycles. The minimum absolute atomic E-state index is 0.0274. The molecule has 0 spiro atoms. The molecule has 0 radical (unpaired) electrons.